The van der Waals surface area contributed by atoms with Crippen LogP contribution in [0.1, 0.15) is 31.4 Å². The summed E-state index contributed by atoms with van der Waals surface area (Å²) in [7, 11) is 0. The lowest BCUT2D eigenvalue weighted by Crippen LogP contribution is -2.41. The summed E-state index contributed by atoms with van der Waals surface area (Å²) in [6.07, 6.45) is 2.00. The minimum Gasteiger partial charge on any atom is -0.328 e. The summed E-state index contributed by atoms with van der Waals surface area (Å²) in [6, 6.07) is 5.54. The highest BCUT2D eigenvalue weighted by molar-refractivity contribution is 9.10. The van der Waals surface area contributed by atoms with E-state index in [1.54, 1.807) is 6.07 Å². The molecule has 0 saturated carbocycles. The zero-order valence-electron chi connectivity index (χ0n) is 10.00. The van der Waals surface area contributed by atoms with E-state index in [1.807, 2.05) is 6.07 Å². The van der Waals surface area contributed by atoms with Crippen LogP contribution in [-0.4, -0.2) is 24.0 Å². The summed E-state index contributed by atoms with van der Waals surface area (Å²) in [5, 5.41) is 0. The van der Waals surface area contributed by atoms with E-state index in [9.17, 15) is 4.39 Å². The second kappa shape index (κ2) is 5.46. The lowest BCUT2D eigenvalue weighted by atomic mass is 10.0. The van der Waals surface area contributed by atoms with Gasteiger partial charge in [0.2, 0.25) is 0 Å². The van der Waals surface area contributed by atoms with Crippen LogP contribution in [0.25, 0.3) is 0 Å². The maximum atomic E-state index is 13.8. The van der Waals surface area contributed by atoms with E-state index in [4.69, 9.17) is 5.73 Å². The molecular weight excluding hydrogens is 283 g/mol. The smallest absolute Gasteiger partial charge is 0.128 e. The van der Waals surface area contributed by atoms with Gasteiger partial charge in [0, 0.05) is 35.2 Å². The van der Waals surface area contributed by atoms with Crippen molar-refractivity contribution < 1.29 is 4.39 Å². The topological polar surface area (TPSA) is 29.3 Å². The summed E-state index contributed by atoms with van der Waals surface area (Å²) < 4.78 is 14.7. The highest BCUT2D eigenvalue weighted by atomic mass is 79.9. The Bertz CT molecular complexity index is 389. The van der Waals surface area contributed by atoms with Crippen LogP contribution in [-0.2, 0) is 0 Å². The first kappa shape index (κ1) is 13.0. The molecule has 1 aliphatic heterocycles. The molecule has 4 heteroatoms. The molecule has 0 bridgehead atoms. The molecule has 0 radical (unpaired) electrons. The predicted octanol–water partition coefficient (Wildman–Crippen LogP) is 3.07. The molecule has 2 nitrogen and oxygen atoms in total. The third-order valence-corrected chi connectivity index (χ3v) is 4.02. The van der Waals surface area contributed by atoms with Crippen LogP contribution in [0.3, 0.4) is 0 Å². The van der Waals surface area contributed by atoms with Gasteiger partial charge in [-0.15, -0.1) is 0 Å². The van der Waals surface area contributed by atoms with E-state index in [2.05, 4.69) is 27.8 Å². The van der Waals surface area contributed by atoms with Crippen LogP contribution in [0.5, 0.6) is 0 Å². The fourth-order valence-electron chi connectivity index (χ4n) is 2.34. The molecule has 1 aromatic carbocycles. The van der Waals surface area contributed by atoms with Crippen LogP contribution in [0.15, 0.2) is 22.7 Å². The van der Waals surface area contributed by atoms with Gasteiger partial charge in [0.05, 0.1) is 0 Å². The number of nitrogens with zero attached hydrogens (tertiary/aromatic N) is 1. The number of nitrogens with two attached hydrogens (primary N) is 1. The van der Waals surface area contributed by atoms with Gasteiger partial charge in [-0.05, 0) is 38.0 Å². The molecule has 17 heavy (non-hydrogen) atoms. The van der Waals surface area contributed by atoms with Crippen molar-refractivity contribution in [1.29, 1.82) is 0 Å². The largest absolute Gasteiger partial charge is 0.328 e. The zero-order chi connectivity index (χ0) is 12.4. The molecule has 1 saturated heterocycles. The van der Waals surface area contributed by atoms with Crippen LogP contribution in [0.2, 0.25) is 0 Å². The van der Waals surface area contributed by atoms with Gasteiger partial charge in [0.1, 0.15) is 5.82 Å². The van der Waals surface area contributed by atoms with Crippen molar-refractivity contribution in [2.45, 2.75) is 31.8 Å². The molecule has 94 valence electrons. The Kier molecular flexibility index (Phi) is 4.17. The van der Waals surface area contributed by atoms with Crippen molar-refractivity contribution in [3.8, 4) is 0 Å². The van der Waals surface area contributed by atoms with E-state index in [0.29, 0.717) is 6.04 Å². The molecule has 0 aliphatic carbocycles. The molecule has 1 fully saturated rings. The second-order valence-corrected chi connectivity index (χ2v) is 5.63. The van der Waals surface area contributed by atoms with Crippen LogP contribution < -0.4 is 5.73 Å². The van der Waals surface area contributed by atoms with Gasteiger partial charge in [-0.1, -0.05) is 15.9 Å². The highest BCUT2D eigenvalue weighted by Gasteiger charge is 2.23. The number of benzene rings is 1. The van der Waals surface area contributed by atoms with Crippen molar-refractivity contribution in [2.75, 3.05) is 13.1 Å². The molecular formula is C13H18BrFN2. The van der Waals surface area contributed by atoms with Gasteiger partial charge in [-0.2, -0.15) is 0 Å². The average molecular weight is 301 g/mol. The van der Waals surface area contributed by atoms with Gasteiger partial charge < -0.3 is 5.73 Å². The third-order valence-electron chi connectivity index (χ3n) is 3.53. The number of halogens is 2. The summed E-state index contributed by atoms with van der Waals surface area (Å²) in [5.74, 6) is -0.129. The lowest BCUT2D eigenvalue weighted by Gasteiger charge is -2.35. The van der Waals surface area contributed by atoms with E-state index >= 15 is 0 Å². The third kappa shape index (κ3) is 3.06. The summed E-state index contributed by atoms with van der Waals surface area (Å²) in [6.45, 7) is 3.96. The Balaban J connectivity index is 2.13. The SMILES string of the molecule is CC(c1cc(Br)ccc1F)N1CCC(N)CC1. The van der Waals surface area contributed by atoms with Gasteiger partial charge >= 0.3 is 0 Å². The van der Waals surface area contributed by atoms with Gasteiger partial charge in [-0.25, -0.2) is 4.39 Å². The van der Waals surface area contributed by atoms with Crippen LogP contribution in [0.4, 0.5) is 4.39 Å². The van der Waals surface area contributed by atoms with E-state index in [1.165, 1.54) is 6.07 Å². The summed E-state index contributed by atoms with van der Waals surface area (Å²) in [5.41, 5.74) is 6.64. The fourth-order valence-corrected chi connectivity index (χ4v) is 2.72. The molecule has 1 unspecified atom stereocenters. The molecule has 0 aromatic heterocycles. The van der Waals surface area contributed by atoms with Crippen molar-refractivity contribution in [1.82, 2.24) is 4.90 Å². The monoisotopic (exact) mass is 300 g/mol. The van der Waals surface area contributed by atoms with Gasteiger partial charge in [0.15, 0.2) is 0 Å². The molecule has 2 rings (SSSR count). The maximum Gasteiger partial charge on any atom is 0.128 e. The number of piperidine rings is 1. The van der Waals surface area contributed by atoms with Crippen molar-refractivity contribution in [3.05, 3.63) is 34.1 Å². The van der Waals surface area contributed by atoms with Crippen LogP contribution >= 0.6 is 15.9 Å². The van der Waals surface area contributed by atoms with Gasteiger partial charge in [-0.3, -0.25) is 4.90 Å². The highest BCUT2D eigenvalue weighted by Crippen LogP contribution is 2.28. The number of hydrogen-bond donors (Lipinski definition) is 1. The molecule has 1 aliphatic rings. The quantitative estimate of drug-likeness (QED) is 0.909. The maximum absolute atomic E-state index is 13.8. The first-order chi connectivity index (χ1) is 8.08. The number of hydrogen-bond acceptors (Lipinski definition) is 2. The Hall–Kier alpha value is -0.450. The molecule has 0 spiro atoms. The van der Waals surface area contributed by atoms with E-state index < -0.39 is 0 Å². The number of rotatable bonds is 2. The molecule has 1 atom stereocenters. The molecule has 1 heterocycles. The predicted molar refractivity (Wildman–Crippen MR) is 71.3 cm³/mol. The fraction of sp³-hybridized carbons (Fsp3) is 0.538. The minimum absolute atomic E-state index is 0.111. The average Bonchev–Trinajstić information content (AvgIpc) is 2.32. The first-order valence-electron chi connectivity index (χ1n) is 6.02. The number of likely N-dealkylation sites (tertiary alicyclic amines) is 1. The Morgan fingerprint density at radius 2 is 2.06 bits per heavy atom. The standard InChI is InChI=1S/C13H18BrFN2/c1-9(17-6-4-11(16)5-7-17)12-8-10(14)2-3-13(12)15/h2-3,8-9,11H,4-7,16H2,1H3. The van der Waals surface area contributed by atoms with E-state index in [0.717, 1.165) is 36.0 Å². The summed E-state index contributed by atoms with van der Waals surface area (Å²) >= 11 is 3.39. The Morgan fingerprint density at radius 3 is 2.71 bits per heavy atom. The van der Waals surface area contributed by atoms with Crippen molar-refractivity contribution >= 4 is 15.9 Å². The Morgan fingerprint density at radius 1 is 1.41 bits per heavy atom. The molecule has 0 amide bonds. The Labute approximate surface area is 110 Å². The van der Waals surface area contributed by atoms with Crippen molar-refractivity contribution in [3.63, 3.8) is 0 Å². The van der Waals surface area contributed by atoms with E-state index in [-0.39, 0.29) is 11.9 Å². The molecule has 1 aromatic rings. The summed E-state index contributed by atoms with van der Waals surface area (Å²) in [4.78, 5) is 2.30. The normalized spacial score (nSPS) is 20.5. The zero-order valence-corrected chi connectivity index (χ0v) is 11.6. The lowest BCUT2D eigenvalue weighted by molar-refractivity contribution is 0.161. The first-order valence-corrected chi connectivity index (χ1v) is 6.82. The van der Waals surface area contributed by atoms with Crippen molar-refractivity contribution in [2.24, 2.45) is 5.73 Å². The minimum atomic E-state index is -0.129. The molecule has 2 N–H and O–H groups in total. The second-order valence-electron chi connectivity index (χ2n) is 4.72. The van der Waals surface area contributed by atoms with Gasteiger partial charge in [0.25, 0.3) is 0 Å². The van der Waals surface area contributed by atoms with Crippen LogP contribution in [0, 0.1) is 5.82 Å².